The zero-order valence-corrected chi connectivity index (χ0v) is 30.7. The van der Waals surface area contributed by atoms with E-state index in [9.17, 15) is 0 Å². The lowest BCUT2D eigenvalue weighted by atomic mass is 9.71. The maximum Gasteiger partial charge on any atom is 0.164 e. The minimum Gasteiger partial charge on any atom is -0.456 e. The molecule has 0 amide bonds. The van der Waals surface area contributed by atoms with Crippen LogP contribution < -0.4 is 0 Å². The predicted octanol–water partition coefficient (Wildman–Crippen LogP) is 12.6. The normalized spacial score (nSPS) is 13.1. The van der Waals surface area contributed by atoms with Gasteiger partial charge < -0.3 is 8.98 Å². The van der Waals surface area contributed by atoms with E-state index in [1.165, 1.54) is 0 Å². The van der Waals surface area contributed by atoms with E-state index in [0.29, 0.717) is 17.5 Å². The molecule has 266 valence electrons. The monoisotopic (exact) mass is 728 g/mol. The van der Waals surface area contributed by atoms with Crippen molar-refractivity contribution in [3.63, 3.8) is 0 Å². The fourth-order valence-electron chi connectivity index (χ4n) is 9.32. The molecule has 0 fully saturated rings. The molecule has 5 heteroatoms. The first-order valence-electron chi connectivity index (χ1n) is 19.3. The molecule has 11 aromatic rings. The SMILES string of the molecule is c1ccc(-c2nc(-c3cccc4c3c3ccccc3n4-c3ccccc3)nc(C3(c4ccc5c(c4)oc4ccccc45)c4ccccc4-c4ccccc43)n2)cc1. The second-order valence-corrected chi connectivity index (χ2v) is 14.7. The van der Waals surface area contributed by atoms with E-state index in [1.54, 1.807) is 0 Å². The van der Waals surface area contributed by atoms with Gasteiger partial charge in [0.05, 0.1) is 11.0 Å². The molecule has 8 aromatic carbocycles. The fraction of sp³-hybridized carbons (Fsp3) is 0.0192. The molecule has 0 saturated carbocycles. The summed E-state index contributed by atoms with van der Waals surface area (Å²) in [4.78, 5) is 16.5. The smallest absolute Gasteiger partial charge is 0.164 e. The minimum absolute atomic E-state index is 0.616. The van der Waals surface area contributed by atoms with Gasteiger partial charge in [0.2, 0.25) is 0 Å². The Labute approximate surface area is 328 Å². The first-order chi connectivity index (χ1) is 28.3. The number of para-hydroxylation sites is 3. The van der Waals surface area contributed by atoms with Gasteiger partial charge in [-0.3, -0.25) is 0 Å². The highest BCUT2D eigenvalue weighted by atomic mass is 16.3. The standard InChI is InChI=1S/C52H32N4O/c1-3-16-33(17-4-1)49-53-50(41-24-15-28-45-48(41)40-23-9-13-27-44(40)56(45)35-18-5-2-6-19-35)55-51(54-49)52(42-25-11-7-20-36(42)37-21-8-12-26-43(37)52)34-30-31-39-38-22-10-14-29-46(38)57-47(39)32-34/h1-32H. The van der Waals surface area contributed by atoms with Gasteiger partial charge in [-0.05, 0) is 64.2 Å². The van der Waals surface area contributed by atoms with E-state index in [-0.39, 0.29) is 0 Å². The number of fused-ring (bicyclic) bond motifs is 9. The topological polar surface area (TPSA) is 56.7 Å². The van der Waals surface area contributed by atoms with Crippen molar-refractivity contribution < 1.29 is 4.42 Å². The molecule has 0 N–H and O–H groups in total. The minimum atomic E-state index is -0.895. The molecule has 0 aliphatic heterocycles. The van der Waals surface area contributed by atoms with Crippen LogP contribution in [0.4, 0.5) is 0 Å². The van der Waals surface area contributed by atoms with E-state index in [0.717, 1.165) is 88.4 Å². The van der Waals surface area contributed by atoms with Crippen LogP contribution in [0.3, 0.4) is 0 Å². The molecule has 0 radical (unpaired) electrons. The predicted molar refractivity (Wildman–Crippen MR) is 230 cm³/mol. The lowest BCUT2D eigenvalue weighted by molar-refractivity contribution is 0.660. The molecule has 12 rings (SSSR count). The Kier molecular flexibility index (Phi) is 6.78. The van der Waals surface area contributed by atoms with Crippen molar-refractivity contribution in [1.29, 1.82) is 0 Å². The molecule has 1 aliphatic rings. The average Bonchev–Trinajstić information content (AvgIpc) is 3.93. The molecule has 0 spiro atoms. The summed E-state index contributed by atoms with van der Waals surface area (Å²) >= 11 is 0. The molecule has 0 atom stereocenters. The van der Waals surface area contributed by atoms with Crippen molar-refractivity contribution in [2.75, 3.05) is 0 Å². The first-order valence-corrected chi connectivity index (χ1v) is 19.3. The van der Waals surface area contributed by atoms with E-state index < -0.39 is 5.41 Å². The second kappa shape index (κ2) is 12.2. The molecule has 1 aliphatic carbocycles. The van der Waals surface area contributed by atoms with E-state index in [2.05, 4.69) is 168 Å². The van der Waals surface area contributed by atoms with Crippen molar-refractivity contribution in [3.05, 3.63) is 217 Å². The highest BCUT2D eigenvalue weighted by Crippen LogP contribution is 2.56. The van der Waals surface area contributed by atoms with Crippen LogP contribution in [-0.2, 0) is 5.41 Å². The van der Waals surface area contributed by atoms with Gasteiger partial charge in [-0.2, -0.15) is 0 Å². The summed E-state index contributed by atoms with van der Waals surface area (Å²) in [5, 5.41) is 4.40. The number of furan rings is 1. The second-order valence-electron chi connectivity index (χ2n) is 14.7. The third kappa shape index (κ3) is 4.54. The van der Waals surface area contributed by atoms with Crippen LogP contribution in [0.1, 0.15) is 22.5 Å². The molecule has 0 bridgehead atoms. The van der Waals surface area contributed by atoms with Crippen LogP contribution in [0.5, 0.6) is 0 Å². The van der Waals surface area contributed by atoms with Crippen LogP contribution in [-0.4, -0.2) is 19.5 Å². The molecular weight excluding hydrogens is 697 g/mol. The van der Waals surface area contributed by atoms with E-state index in [1.807, 2.05) is 30.3 Å². The number of benzene rings is 8. The Hall–Kier alpha value is -7.63. The lowest BCUT2D eigenvalue weighted by Gasteiger charge is -2.32. The Morgan fingerprint density at radius 2 is 1.02 bits per heavy atom. The van der Waals surface area contributed by atoms with Crippen LogP contribution in [0.15, 0.2) is 199 Å². The third-order valence-electron chi connectivity index (χ3n) is 11.7. The summed E-state index contributed by atoms with van der Waals surface area (Å²) < 4.78 is 8.90. The molecule has 57 heavy (non-hydrogen) atoms. The van der Waals surface area contributed by atoms with Crippen LogP contribution >= 0.6 is 0 Å². The largest absolute Gasteiger partial charge is 0.456 e. The number of aromatic nitrogens is 4. The number of rotatable bonds is 5. The Morgan fingerprint density at radius 1 is 0.421 bits per heavy atom. The fourth-order valence-corrected chi connectivity index (χ4v) is 9.32. The van der Waals surface area contributed by atoms with Gasteiger partial charge >= 0.3 is 0 Å². The molecule has 0 saturated heterocycles. The Balaban J connectivity index is 1.21. The van der Waals surface area contributed by atoms with Gasteiger partial charge in [-0.15, -0.1) is 0 Å². The molecule has 3 heterocycles. The zero-order chi connectivity index (χ0) is 37.5. The highest BCUT2D eigenvalue weighted by Gasteiger charge is 2.49. The maximum atomic E-state index is 6.57. The van der Waals surface area contributed by atoms with E-state index >= 15 is 0 Å². The number of nitrogens with zero attached hydrogens (tertiary/aromatic N) is 4. The van der Waals surface area contributed by atoms with Gasteiger partial charge in [0.25, 0.3) is 0 Å². The van der Waals surface area contributed by atoms with Crippen molar-refractivity contribution in [2.24, 2.45) is 0 Å². The third-order valence-corrected chi connectivity index (χ3v) is 11.7. The van der Waals surface area contributed by atoms with Crippen molar-refractivity contribution >= 4 is 43.7 Å². The average molecular weight is 729 g/mol. The van der Waals surface area contributed by atoms with E-state index in [4.69, 9.17) is 19.4 Å². The molecular formula is C52H32N4O. The van der Waals surface area contributed by atoms with Crippen LogP contribution in [0.25, 0.3) is 83.3 Å². The summed E-state index contributed by atoms with van der Waals surface area (Å²) in [6.07, 6.45) is 0. The first kappa shape index (κ1) is 31.7. The number of hydrogen-bond donors (Lipinski definition) is 0. The van der Waals surface area contributed by atoms with Gasteiger partial charge in [0.1, 0.15) is 16.6 Å². The van der Waals surface area contributed by atoms with Gasteiger partial charge in [-0.1, -0.05) is 158 Å². The van der Waals surface area contributed by atoms with Gasteiger partial charge in [0.15, 0.2) is 17.5 Å². The Bertz CT molecular complexity index is 3320. The summed E-state index contributed by atoms with van der Waals surface area (Å²) in [7, 11) is 0. The van der Waals surface area contributed by atoms with Crippen molar-refractivity contribution in [1.82, 2.24) is 19.5 Å². The quantitative estimate of drug-likeness (QED) is 0.177. The van der Waals surface area contributed by atoms with Crippen LogP contribution in [0, 0.1) is 0 Å². The molecule has 5 nitrogen and oxygen atoms in total. The van der Waals surface area contributed by atoms with Gasteiger partial charge in [-0.25, -0.2) is 15.0 Å². The maximum absolute atomic E-state index is 6.57. The Morgan fingerprint density at radius 3 is 1.81 bits per heavy atom. The lowest BCUT2D eigenvalue weighted by Crippen LogP contribution is -2.31. The highest BCUT2D eigenvalue weighted by molar-refractivity contribution is 6.15. The summed E-state index contributed by atoms with van der Waals surface area (Å²) in [6.45, 7) is 0. The molecule has 3 aromatic heterocycles. The molecule has 0 unspecified atom stereocenters. The van der Waals surface area contributed by atoms with Crippen LogP contribution in [0.2, 0.25) is 0 Å². The van der Waals surface area contributed by atoms with Crippen molar-refractivity contribution in [3.8, 4) is 39.6 Å². The summed E-state index contributed by atoms with van der Waals surface area (Å²) in [5.41, 5.74) is 11.6. The summed E-state index contributed by atoms with van der Waals surface area (Å²) in [6, 6.07) is 68.1. The van der Waals surface area contributed by atoms with Crippen molar-refractivity contribution in [2.45, 2.75) is 5.41 Å². The summed E-state index contributed by atoms with van der Waals surface area (Å²) in [5.74, 6) is 1.89. The van der Waals surface area contributed by atoms with Gasteiger partial charge in [0, 0.05) is 38.4 Å². The number of hydrogen-bond acceptors (Lipinski definition) is 4. The zero-order valence-electron chi connectivity index (χ0n) is 30.7.